The van der Waals surface area contributed by atoms with Gasteiger partial charge >= 0.3 is 0 Å². The second-order valence-corrected chi connectivity index (χ2v) is 5.96. The molecule has 3 heteroatoms. The van der Waals surface area contributed by atoms with Crippen molar-refractivity contribution in [1.82, 2.24) is 0 Å². The van der Waals surface area contributed by atoms with E-state index in [0.717, 1.165) is 24.8 Å². The molecule has 1 atom stereocenters. The highest BCUT2D eigenvalue weighted by atomic mass is 79.9. The van der Waals surface area contributed by atoms with Crippen LogP contribution in [0.3, 0.4) is 0 Å². The van der Waals surface area contributed by atoms with Crippen molar-refractivity contribution in [2.24, 2.45) is 0 Å². The zero-order valence-corrected chi connectivity index (χ0v) is 12.5. The average molecular weight is 333 g/mol. The van der Waals surface area contributed by atoms with Gasteiger partial charge in [-0.15, -0.1) is 0 Å². The van der Waals surface area contributed by atoms with Crippen molar-refractivity contribution in [2.45, 2.75) is 25.2 Å². The molecule has 2 aromatic rings. The van der Waals surface area contributed by atoms with Gasteiger partial charge in [-0.1, -0.05) is 30.3 Å². The Morgan fingerprint density at radius 1 is 1.15 bits per heavy atom. The molecule has 20 heavy (non-hydrogen) atoms. The van der Waals surface area contributed by atoms with Gasteiger partial charge in [0.2, 0.25) is 0 Å². The molecule has 0 bridgehead atoms. The van der Waals surface area contributed by atoms with Crippen LogP contribution in [-0.4, -0.2) is 5.78 Å². The highest BCUT2D eigenvalue weighted by Gasteiger charge is 2.29. The molecule has 1 unspecified atom stereocenters. The first-order chi connectivity index (χ1) is 9.68. The molecular formula is C17H14BrFO. The fraction of sp³-hybridized carbons (Fsp3) is 0.235. The van der Waals surface area contributed by atoms with Gasteiger partial charge < -0.3 is 0 Å². The molecular weight excluding hydrogens is 319 g/mol. The predicted molar refractivity (Wildman–Crippen MR) is 80.6 cm³/mol. The Hall–Kier alpha value is -1.48. The van der Waals surface area contributed by atoms with Crippen LogP contribution in [-0.2, 0) is 6.42 Å². The van der Waals surface area contributed by atoms with E-state index in [1.807, 2.05) is 18.2 Å². The Balaban J connectivity index is 2.05. The SMILES string of the molecule is O=C(c1c(F)cccc1Br)C1CCCc2ccccc21. The monoisotopic (exact) mass is 332 g/mol. The minimum Gasteiger partial charge on any atom is -0.293 e. The fourth-order valence-corrected chi connectivity index (χ4v) is 3.47. The Bertz CT molecular complexity index is 646. The van der Waals surface area contributed by atoms with E-state index in [4.69, 9.17) is 0 Å². The normalized spacial score (nSPS) is 17.6. The van der Waals surface area contributed by atoms with Gasteiger partial charge in [-0.25, -0.2) is 4.39 Å². The van der Waals surface area contributed by atoms with Gasteiger partial charge in [-0.2, -0.15) is 0 Å². The third kappa shape index (κ3) is 2.31. The quantitative estimate of drug-likeness (QED) is 0.715. The van der Waals surface area contributed by atoms with E-state index >= 15 is 0 Å². The van der Waals surface area contributed by atoms with E-state index in [9.17, 15) is 9.18 Å². The zero-order chi connectivity index (χ0) is 14.1. The van der Waals surface area contributed by atoms with Crippen molar-refractivity contribution < 1.29 is 9.18 Å². The average Bonchev–Trinajstić information content (AvgIpc) is 2.46. The molecule has 0 fully saturated rings. The summed E-state index contributed by atoms with van der Waals surface area (Å²) >= 11 is 3.29. The maximum atomic E-state index is 14.0. The van der Waals surface area contributed by atoms with E-state index < -0.39 is 5.82 Å². The first kappa shape index (κ1) is 13.5. The molecule has 0 saturated carbocycles. The summed E-state index contributed by atoms with van der Waals surface area (Å²) in [4.78, 5) is 12.7. The van der Waals surface area contributed by atoms with Gasteiger partial charge in [0.05, 0.1) is 5.56 Å². The molecule has 0 spiro atoms. The van der Waals surface area contributed by atoms with Gasteiger partial charge in [-0.3, -0.25) is 4.79 Å². The minimum absolute atomic E-state index is 0.123. The van der Waals surface area contributed by atoms with Crippen LogP contribution in [0.1, 0.15) is 40.2 Å². The molecule has 1 aliphatic carbocycles. The molecule has 0 radical (unpaired) electrons. The summed E-state index contributed by atoms with van der Waals surface area (Å²) in [5, 5.41) is 0. The number of Topliss-reactive ketones (excluding diaryl/α,β-unsaturated/α-hetero) is 1. The minimum atomic E-state index is -0.451. The van der Waals surface area contributed by atoms with Gasteiger partial charge in [0.1, 0.15) is 5.82 Å². The molecule has 0 amide bonds. The zero-order valence-electron chi connectivity index (χ0n) is 10.9. The summed E-state index contributed by atoms with van der Waals surface area (Å²) < 4.78 is 14.5. The fourth-order valence-electron chi connectivity index (χ4n) is 2.93. The van der Waals surface area contributed by atoms with Gasteiger partial charge in [-0.05, 0) is 58.5 Å². The molecule has 0 saturated heterocycles. The third-order valence-electron chi connectivity index (χ3n) is 3.90. The van der Waals surface area contributed by atoms with Crippen LogP contribution in [0.25, 0.3) is 0 Å². The highest BCUT2D eigenvalue weighted by Crippen LogP contribution is 2.36. The number of aryl methyl sites for hydroxylation is 1. The van der Waals surface area contributed by atoms with E-state index in [-0.39, 0.29) is 17.3 Å². The molecule has 1 aliphatic rings. The van der Waals surface area contributed by atoms with Gasteiger partial charge in [0.15, 0.2) is 5.78 Å². The Labute approximate surface area is 126 Å². The standard InChI is InChI=1S/C17H14BrFO/c18-14-9-4-10-15(19)16(14)17(20)13-8-3-6-11-5-1-2-7-12(11)13/h1-2,4-5,7,9-10,13H,3,6,8H2. The van der Waals surface area contributed by atoms with Crippen molar-refractivity contribution in [3.63, 3.8) is 0 Å². The predicted octanol–water partition coefficient (Wildman–Crippen LogP) is 4.89. The highest BCUT2D eigenvalue weighted by molar-refractivity contribution is 9.10. The number of rotatable bonds is 2. The van der Waals surface area contributed by atoms with Crippen molar-refractivity contribution in [3.8, 4) is 0 Å². The van der Waals surface area contributed by atoms with Crippen molar-refractivity contribution in [3.05, 3.63) is 69.4 Å². The summed E-state index contributed by atoms with van der Waals surface area (Å²) in [5.74, 6) is -0.803. The lowest BCUT2D eigenvalue weighted by molar-refractivity contribution is 0.0946. The number of carbonyl (C=O) groups excluding carboxylic acids is 1. The topological polar surface area (TPSA) is 17.1 Å². The molecule has 2 aromatic carbocycles. The maximum Gasteiger partial charge on any atom is 0.174 e. The van der Waals surface area contributed by atoms with E-state index in [1.165, 1.54) is 11.6 Å². The number of fused-ring (bicyclic) bond motifs is 1. The number of ketones is 1. The van der Waals surface area contributed by atoms with Crippen LogP contribution in [0.2, 0.25) is 0 Å². The summed E-state index contributed by atoms with van der Waals surface area (Å²) in [5.41, 5.74) is 2.44. The number of hydrogen-bond acceptors (Lipinski definition) is 1. The maximum absolute atomic E-state index is 14.0. The van der Waals surface area contributed by atoms with Crippen molar-refractivity contribution in [1.29, 1.82) is 0 Å². The smallest absolute Gasteiger partial charge is 0.174 e. The van der Waals surface area contributed by atoms with Crippen LogP contribution in [0.4, 0.5) is 4.39 Å². The van der Waals surface area contributed by atoms with Crippen molar-refractivity contribution in [2.75, 3.05) is 0 Å². The summed E-state index contributed by atoms with van der Waals surface area (Å²) in [6.07, 6.45) is 2.76. The largest absolute Gasteiger partial charge is 0.293 e. The molecule has 0 aromatic heterocycles. The van der Waals surface area contributed by atoms with Gasteiger partial charge in [0, 0.05) is 10.4 Å². The number of carbonyl (C=O) groups is 1. The van der Waals surface area contributed by atoms with Crippen LogP contribution in [0.15, 0.2) is 46.9 Å². The Morgan fingerprint density at radius 3 is 2.75 bits per heavy atom. The van der Waals surface area contributed by atoms with Crippen LogP contribution in [0.5, 0.6) is 0 Å². The molecule has 3 rings (SSSR count). The van der Waals surface area contributed by atoms with Crippen molar-refractivity contribution >= 4 is 21.7 Å². The number of benzene rings is 2. The molecule has 0 N–H and O–H groups in total. The lowest BCUT2D eigenvalue weighted by Crippen LogP contribution is -2.20. The lowest BCUT2D eigenvalue weighted by atomic mass is 9.79. The van der Waals surface area contributed by atoms with E-state index in [1.54, 1.807) is 12.1 Å². The second kappa shape index (κ2) is 5.49. The molecule has 0 heterocycles. The first-order valence-corrected chi connectivity index (χ1v) is 7.54. The summed E-state index contributed by atoms with van der Waals surface area (Å²) in [7, 11) is 0. The third-order valence-corrected chi connectivity index (χ3v) is 4.56. The lowest BCUT2D eigenvalue weighted by Gasteiger charge is -2.24. The molecule has 0 aliphatic heterocycles. The Morgan fingerprint density at radius 2 is 1.95 bits per heavy atom. The van der Waals surface area contributed by atoms with Crippen LogP contribution in [0, 0.1) is 5.82 Å². The molecule has 102 valence electrons. The van der Waals surface area contributed by atoms with Crippen LogP contribution < -0.4 is 0 Å². The summed E-state index contributed by atoms with van der Waals surface area (Å²) in [6.45, 7) is 0. The first-order valence-electron chi connectivity index (χ1n) is 6.74. The summed E-state index contributed by atoms with van der Waals surface area (Å²) in [6, 6.07) is 12.6. The second-order valence-electron chi connectivity index (χ2n) is 5.10. The van der Waals surface area contributed by atoms with E-state index in [2.05, 4.69) is 22.0 Å². The van der Waals surface area contributed by atoms with Crippen LogP contribution >= 0.6 is 15.9 Å². The number of hydrogen-bond donors (Lipinski definition) is 0. The Kier molecular flexibility index (Phi) is 3.70. The van der Waals surface area contributed by atoms with E-state index in [0.29, 0.717) is 4.47 Å². The molecule has 1 nitrogen and oxygen atoms in total. The number of halogens is 2. The van der Waals surface area contributed by atoms with Gasteiger partial charge in [0.25, 0.3) is 0 Å².